The lowest BCUT2D eigenvalue weighted by Crippen LogP contribution is -2.01. The third kappa shape index (κ3) is 2.21. The number of benzene rings is 1. The predicted octanol–water partition coefficient (Wildman–Crippen LogP) is 4.37. The summed E-state index contributed by atoms with van der Waals surface area (Å²) >= 11 is 9.34. The maximum absolute atomic E-state index is 13.4. The Balaban J connectivity index is 2.30. The van der Waals surface area contributed by atoms with Crippen molar-refractivity contribution in [2.75, 3.05) is 0 Å². The number of alkyl halides is 1. The van der Waals surface area contributed by atoms with Crippen LogP contribution < -0.4 is 0 Å². The van der Waals surface area contributed by atoms with E-state index in [1.54, 1.807) is 25.3 Å². The van der Waals surface area contributed by atoms with E-state index in [4.69, 9.17) is 11.6 Å². The van der Waals surface area contributed by atoms with E-state index in [0.29, 0.717) is 17.0 Å². The van der Waals surface area contributed by atoms with Crippen molar-refractivity contribution in [2.24, 2.45) is 0 Å². The lowest BCUT2D eigenvalue weighted by Gasteiger charge is -2.08. The van der Waals surface area contributed by atoms with E-state index in [9.17, 15) is 4.39 Å². The molecule has 0 radical (unpaired) electrons. The number of aromatic nitrogens is 3. The summed E-state index contributed by atoms with van der Waals surface area (Å²) in [6, 6.07) is 6.78. The van der Waals surface area contributed by atoms with Crippen LogP contribution in [0.1, 0.15) is 11.4 Å². The molecule has 0 fully saturated rings. The van der Waals surface area contributed by atoms with E-state index in [2.05, 4.69) is 25.9 Å². The Morgan fingerprint density at radius 1 is 1.35 bits per heavy atom. The molecule has 0 saturated carbocycles. The Bertz CT molecular complexity index is 800. The SMILES string of the molecule is Cc1cc(-n2c(CCl)nc3cc(Br)cnc32)ccc1F. The minimum atomic E-state index is -0.235. The molecule has 0 aliphatic carbocycles. The fraction of sp³-hybridized carbons (Fsp3) is 0.143. The number of hydrogen-bond acceptors (Lipinski definition) is 2. The zero-order valence-corrected chi connectivity index (χ0v) is 12.9. The molecule has 3 rings (SSSR count). The molecular formula is C14H10BrClFN3. The van der Waals surface area contributed by atoms with Gasteiger partial charge in [-0.05, 0) is 52.7 Å². The van der Waals surface area contributed by atoms with Gasteiger partial charge in [0.1, 0.15) is 17.2 Å². The van der Waals surface area contributed by atoms with Crippen LogP contribution in [0.5, 0.6) is 0 Å². The molecule has 0 atom stereocenters. The fourth-order valence-corrected chi connectivity index (χ4v) is 2.61. The second-order valence-electron chi connectivity index (χ2n) is 4.43. The summed E-state index contributed by atoms with van der Waals surface area (Å²) in [7, 11) is 0. The summed E-state index contributed by atoms with van der Waals surface area (Å²) < 4.78 is 16.1. The minimum Gasteiger partial charge on any atom is -0.280 e. The van der Waals surface area contributed by atoms with Crippen LogP contribution in [-0.4, -0.2) is 14.5 Å². The van der Waals surface area contributed by atoms with Crippen LogP contribution in [0, 0.1) is 12.7 Å². The van der Waals surface area contributed by atoms with Crippen LogP contribution in [0.25, 0.3) is 16.9 Å². The molecule has 2 aromatic heterocycles. The van der Waals surface area contributed by atoms with Crippen LogP contribution >= 0.6 is 27.5 Å². The predicted molar refractivity (Wildman–Crippen MR) is 80.8 cm³/mol. The monoisotopic (exact) mass is 353 g/mol. The van der Waals surface area contributed by atoms with Crippen molar-refractivity contribution in [3.05, 3.63) is 52.1 Å². The van der Waals surface area contributed by atoms with Crippen LogP contribution in [-0.2, 0) is 5.88 Å². The maximum Gasteiger partial charge on any atom is 0.164 e. The number of aryl methyl sites for hydroxylation is 1. The second-order valence-corrected chi connectivity index (χ2v) is 5.61. The zero-order chi connectivity index (χ0) is 14.3. The van der Waals surface area contributed by atoms with Gasteiger partial charge in [0.15, 0.2) is 5.65 Å². The Labute approximate surface area is 128 Å². The van der Waals surface area contributed by atoms with Gasteiger partial charge in [-0.25, -0.2) is 14.4 Å². The molecule has 0 amide bonds. The Kier molecular flexibility index (Phi) is 3.48. The average molecular weight is 355 g/mol. The fourth-order valence-electron chi connectivity index (χ4n) is 2.12. The highest BCUT2D eigenvalue weighted by atomic mass is 79.9. The summed E-state index contributed by atoms with van der Waals surface area (Å²) in [5, 5.41) is 0. The molecule has 0 aliphatic heterocycles. The average Bonchev–Trinajstić information content (AvgIpc) is 2.79. The number of nitrogens with zero attached hydrogens (tertiary/aromatic N) is 3. The van der Waals surface area contributed by atoms with Gasteiger partial charge in [0.05, 0.1) is 5.88 Å². The van der Waals surface area contributed by atoms with Crippen LogP contribution in [0.15, 0.2) is 34.9 Å². The normalized spacial score (nSPS) is 11.2. The van der Waals surface area contributed by atoms with Gasteiger partial charge in [0.25, 0.3) is 0 Å². The number of imidazole rings is 1. The first-order valence-corrected chi connectivity index (χ1v) is 7.28. The highest BCUT2D eigenvalue weighted by Gasteiger charge is 2.14. The summed E-state index contributed by atoms with van der Waals surface area (Å²) in [6.45, 7) is 1.72. The molecule has 6 heteroatoms. The minimum absolute atomic E-state index is 0.235. The van der Waals surface area contributed by atoms with Crippen molar-refractivity contribution in [3.8, 4) is 5.69 Å². The molecule has 0 spiro atoms. The number of pyridine rings is 1. The largest absolute Gasteiger partial charge is 0.280 e. The molecule has 3 nitrogen and oxygen atoms in total. The second kappa shape index (κ2) is 5.14. The highest BCUT2D eigenvalue weighted by molar-refractivity contribution is 9.10. The van der Waals surface area contributed by atoms with Gasteiger partial charge in [-0.2, -0.15) is 0 Å². The van der Waals surface area contributed by atoms with Crippen LogP contribution in [0.2, 0.25) is 0 Å². The van der Waals surface area contributed by atoms with E-state index in [-0.39, 0.29) is 11.7 Å². The molecule has 0 aliphatic rings. The van der Waals surface area contributed by atoms with Crippen molar-refractivity contribution >= 4 is 38.7 Å². The third-order valence-electron chi connectivity index (χ3n) is 3.05. The van der Waals surface area contributed by atoms with Crippen molar-refractivity contribution in [3.63, 3.8) is 0 Å². The molecule has 102 valence electrons. The number of fused-ring (bicyclic) bond motifs is 1. The first-order chi connectivity index (χ1) is 9.60. The Hall–Kier alpha value is -1.46. The van der Waals surface area contributed by atoms with Gasteiger partial charge < -0.3 is 0 Å². The lowest BCUT2D eigenvalue weighted by atomic mass is 10.2. The molecule has 2 heterocycles. The van der Waals surface area contributed by atoms with Gasteiger partial charge >= 0.3 is 0 Å². The van der Waals surface area contributed by atoms with Crippen molar-refractivity contribution in [1.82, 2.24) is 14.5 Å². The molecular weight excluding hydrogens is 345 g/mol. The number of halogens is 3. The molecule has 0 bridgehead atoms. The topological polar surface area (TPSA) is 30.7 Å². The Morgan fingerprint density at radius 2 is 2.15 bits per heavy atom. The van der Waals surface area contributed by atoms with Gasteiger partial charge in [-0.15, -0.1) is 11.6 Å². The quantitative estimate of drug-likeness (QED) is 0.640. The van der Waals surface area contributed by atoms with Crippen molar-refractivity contribution in [1.29, 1.82) is 0 Å². The summed E-state index contributed by atoms with van der Waals surface area (Å²) in [6.07, 6.45) is 1.70. The molecule has 0 unspecified atom stereocenters. The smallest absolute Gasteiger partial charge is 0.164 e. The van der Waals surface area contributed by atoms with Gasteiger partial charge in [0, 0.05) is 16.4 Å². The number of hydrogen-bond donors (Lipinski definition) is 0. The summed E-state index contributed by atoms with van der Waals surface area (Å²) in [5.41, 5.74) is 2.82. The highest BCUT2D eigenvalue weighted by Crippen LogP contribution is 2.24. The van der Waals surface area contributed by atoms with Crippen molar-refractivity contribution < 1.29 is 4.39 Å². The summed E-state index contributed by atoms with van der Waals surface area (Å²) in [4.78, 5) is 8.84. The molecule has 0 N–H and O–H groups in total. The van der Waals surface area contributed by atoms with E-state index in [1.807, 2.05) is 10.6 Å². The molecule has 0 saturated heterocycles. The van der Waals surface area contributed by atoms with Gasteiger partial charge in [-0.1, -0.05) is 0 Å². The van der Waals surface area contributed by atoms with Crippen LogP contribution in [0.4, 0.5) is 4.39 Å². The number of rotatable bonds is 2. The van der Waals surface area contributed by atoms with E-state index in [0.717, 1.165) is 15.7 Å². The maximum atomic E-state index is 13.4. The van der Waals surface area contributed by atoms with E-state index < -0.39 is 0 Å². The molecule has 20 heavy (non-hydrogen) atoms. The van der Waals surface area contributed by atoms with Gasteiger partial charge in [-0.3, -0.25) is 4.57 Å². The van der Waals surface area contributed by atoms with Crippen LogP contribution in [0.3, 0.4) is 0 Å². The van der Waals surface area contributed by atoms with E-state index >= 15 is 0 Å². The lowest BCUT2D eigenvalue weighted by molar-refractivity contribution is 0.618. The summed E-state index contributed by atoms with van der Waals surface area (Å²) in [5.74, 6) is 0.698. The zero-order valence-electron chi connectivity index (χ0n) is 10.6. The molecule has 3 aromatic rings. The first-order valence-electron chi connectivity index (χ1n) is 5.95. The Morgan fingerprint density at radius 3 is 2.85 bits per heavy atom. The van der Waals surface area contributed by atoms with E-state index in [1.165, 1.54) is 6.07 Å². The standard InChI is InChI=1S/C14H10BrClFN3/c1-8-4-10(2-3-11(8)17)20-13(6-16)19-12-5-9(15)7-18-14(12)20/h2-5,7H,6H2,1H3. The first kappa shape index (κ1) is 13.5. The third-order valence-corrected chi connectivity index (χ3v) is 3.73. The van der Waals surface area contributed by atoms with Gasteiger partial charge in [0.2, 0.25) is 0 Å². The molecule has 1 aromatic carbocycles. The van der Waals surface area contributed by atoms with Crippen molar-refractivity contribution in [2.45, 2.75) is 12.8 Å².